The molecule has 2 aliphatic carbocycles. The van der Waals surface area contributed by atoms with Gasteiger partial charge in [0.2, 0.25) is 23.5 Å². The lowest BCUT2D eigenvalue weighted by atomic mass is 9.86. The number of carbonyl (C=O) groups excluding carboxylic acids is 6. The minimum Gasteiger partial charge on any atom is -0.346 e. The molecule has 6 amide bonds. The number of hydrogen-bond donors (Lipinski definition) is 4. The minimum atomic E-state index is -1.05. The minimum absolute atomic E-state index is 0.0754. The fourth-order valence-corrected chi connectivity index (χ4v) is 8.37. The Labute approximate surface area is 301 Å². The van der Waals surface area contributed by atoms with E-state index >= 15 is 0 Å². The molecule has 1 aromatic rings. The number of urea groups is 1. The molecule has 0 aromatic heterocycles. The third kappa shape index (κ3) is 8.15. The molecule has 0 radical (unpaired) electrons. The summed E-state index contributed by atoms with van der Waals surface area (Å²) in [4.78, 5) is 84.3. The number of likely N-dealkylation sites (tertiary alicyclic amines) is 2. The molecular formula is C39H56N6O6. The van der Waals surface area contributed by atoms with Crippen molar-refractivity contribution in [1.82, 2.24) is 31.1 Å². The van der Waals surface area contributed by atoms with Gasteiger partial charge in [0.05, 0.1) is 12.1 Å². The van der Waals surface area contributed by atoms with Crippen LogP contribution >= 0.6 is 0 Å². The summed E-state index contributed by atoms with van der Waals surface area (Å²) in [5.74, 6) is -2.60. The molecule has 5 rings (SSSR count). The van der Waals surface area contributed by atoms with Gasteiger partial charge in [-0.3, -0.25) is 24.0 Å². The van der Waals surface area contributed by atoms with E-state index in [-0.39, 0.29) is 59.4 Å². The number of nitrogens with one attached hydrogen (secondary N) is 4. The van der Waals surface area contributed by atoms with Crippen LogP contribution in [0.1, 0.15) is 78.4 Å². The average Bonchev–Trinajstić information content (AvgIpc) is 3.44. The van der Waals surface area contributed by atoms with Crippen molar-refractivity contribution in [3.63, 3.8) is 0 Å². The predicted molar refractivity (Wildman–Crippen MR) is 193 cm³/mol. The molecule has 4 N–H and O–H groups in total. The van der Waals surface area contributed by atoms with E-state index in [1.165, 1.54) is 6.08 Å². The molecule has 1 aromatic carbocycles. The first-order chi connectivity index (χ1) is 24.1. The number of rotatable bonds is 13. The molecule has 0 bridgehead atoms. The zero-order chi connectivity index (χ0) is 37.2. The van der Waals surface area contributed by atoms with E-state index in [9.17, 15) is 28.8 Å². The average molecular weight is 705 g/mol. The van der Waals surface area contributed by atoms with Crippen LogP contribution in [0, 0.1) is 28.6 Å². The number of Topliss-reactive ketones (excluding diaryl/α,β-unsaturated/α-hetero) is 1. The maximum absolute atomic E-state index is 14.8. The quantitative estimate of drug-likeness (QED) is 0.183. The van der Waals surface area contributed by atoms with Crippen LogP contribution in [-0.2, 0) is 36.8 Å². The summed E-state index contributed by atoms with van der Waals surface area (Å²) in [5, 5.41) is 11.4. The molecule has 12 nitrogen and oxygen atoms in total. The fraction of sp³-hybridized carbons (Fsp3) is 0.641. The second-order valence-electron chi connectivity index (χ2n) is 16.5. The van der Waals surface area contributed by atoms with E-state index in [0.717, 1.165) is 24.0 Å². The van der Waals surface area contributed by atoms with Crippen LogP contribution < -0.4 is 21.3 Å². The standard InChI is InChI=1S/C39H56N6O6/c1-8-17-40-35(49)33(47)27(9-2)41-34(48)32-30-26(39(30,6)7)21-45(32)36(50)31(25-19-23-14-10-11-15-24(23)20-25)43-37(51)42-28(38(3,4)5)22-44-18-13-12-16-29(44)46/h8,10-11,14-15,25-28,30-32H,1,9,12-13,16-22H2,2-7H3,(H,40,49)(H,41,48)(H2,42,43,51)/t26-,27?,28+,30-,31-,32-/m0/s1. The van der Waals surface area contributed by atoms with Gasteiger partial charge in [0.15, 0.2) is 0 Å². The van der Waals surface area contributed by atoms with Gasteiger partial charge in [-0.15, -0.1) is 6.58 Å². The Bertz CT molecular complexity index is 1530. The predicted octanol–water partition coefficient (Wildman–Crippen LogP) is 2.75. The van der Waals surface area contributed by atoms with E-state index in [1.807, 2.05) is 49.9 Å². The summed E-state index contributed by atoms with van der Waals surface area (Å²) < 4.78 is 0. The number of carbonyl (C=O) groups is 6. The smallest absolute Gasteiger partial charge is 0.315 e. The molecular weight excluding hydrogens is 648 g/mol. The van der Waals surface area contributed by atoms with E-state index in [2.05, 4.69) is 41.7 Å². The highest BCUT2D eigenvalue weighted by atomic mass is 16.2. The molecule has 2 saturated heterocycles. The Morgan fingerprint density at radius 1 is 1.02 bits per heavy atom. The fourth-order valence-electron chi connectivity index (χ4n) is 8.37. The van der Waals surface area contributed by atoms with Gasteiger partial charge in [-0.2, -0.15) is 0 Å². The summed E-state index contributed by atoms with van der Waals surface area (Å²) in [5.41, 5.74) is 1.68. The summed E-state index contributed by atoms with van der Waals surface area (Å²) in [6.45, 7) is 17.0. The van der Waals surface area contributed by atoms with E-state index in [1.54, 1.807) is 11.8 Å². The second kappa shape index (κ2) is 15.2. The SMILES string of the molecule is C=CCNC(=O)C(=O)C(CC)NC(=O)[C@@H]1[C@@H]2[C@H](CN1C(=O)[C@@H](NC(=O)N[C@H](CN1CCCCC1=O)C(C)(C)C)C1Cc3ccccc3C1)C2(C)C. The molecule has 4 aliphatic rings. The second-order valence-corrected chi connectivity index (χ2v) is 16.5. The third-order valence-electron chi connectivity index (χ3n) is 11.7. The van der Waals surface area contributed by atoms with E-state index < -0.39 is 41.8 Å². The van der Waals surface area contributed by atoms with Crippen molar-refractivity contribution in [2.24, 2.45) is 28.6 Å². The Morgan fingerprint density at radius 2 is 1.69 bits per heavy atom. The van der Waals surface area contributed by atoms with Crippen molar-refractivity contribution in [3.05, 3.63) is 48.0 Å². The topological polar surface area (TPSA) is 157 Å². The van der Waals surface area contributed by atoms with Gasteiger partial charge in [0.1, 0.15) is 12.1 Å². The summed E-state index contributed by atoms with van der Waals surface area (Å²) in [7, 11) is 0. The number of ketones is 1. The molecule has 278 valence electrons. The molecule has 2 aliphatic heterocycles. The van der Waals surface area contributed by atoms with E-state index in [0.29, 0.717) is 38.9 Å². The van der Waals surface area contributed by atoms with Gasteiger partial charge >= 0.3 is 6.03 Å². The summed E-state index contributed by atoms with van der Waals surface area (Å²) >= 11 is 0. The van der Waals surface area contributed by atoms with Gasteiger partial charge in [-0.05, 0) is 71.8 Å². The molecule has 12 heteroatoms. The number of hydrogen-bond acceptors (Lipinski definition) is 6. The molecule has 6 atom stereocenters. The number of benzene rings is 1. The Hall–Kier alpha value is -4.22. The Kier molecular flexibility index (Phi) is 11.3. The molecule has 2 heterocycles. The highest BCUT2D eigenvalue weighted by Gasteiger charge is 2.69. The largest absolute Gasteiger partial charge is 0.346 e. The monoisotopic (exact) mass is 704 g/mol. The normalized spacial score (nSPS) is 24.0. The highest BCUT2D eigenvalue weighted by molar-refractivity contribution is 6.38. The van der Waals surface area contributed by atoms with Crippen molar-refractivity contribution in [2.45, 2.75) is 104 Å². The molecule has 1 unspecified atom stereocenters. The highest BCUT2D eigenvalue weighted by Crippen LogP contribution is 2.65. The maximum atomic E-state index is 14.8. The van der Waals surface area contributed by atoms with Crippen LogP contribution in [0.2, 0.25) is 0 Å². The summed E-state index contributed by atoms with van der Waals surface area (Å²) in [6, 6.07) is 4.30. The molecule has 3 fully saturated rings. The zero-order valence-electron chi connectivity index (χ0n) is 31.1. The van der Waals surface area contributed by atoms with Crippen molar-refractivity contribution in [2.75, 3.05) is 26.2 Å². The first kappa shape index (κ1) is 38.0. The first-order valence-electron chi connectivity index (χ1n) is 18.5. The third-order valence-corrected chi connectivity index (χ3v) is 11.7. The van der Waals surface area contributed by atoms with Gasteiger partial charge in [-0.25, -0.2) is 4.79 Å². The van der Waals surface area contributed by atoms with Gasteiger partial charge in [-0.1, -0.05) is 71.9 Å². The zero-order valence-corrected chi connectivity index (χ0v) is 31.1. The molecule has 1 saturated carbocycles. The van der Waals surface area contributed by atoms with Crippen molar-refractivity contribution in [1.29, 1.82) is 0 Å². The number of fused-ring (bicyclic) bond motifs is 2. The van der Waals surface area contributed by atoms with Crippen LogP contribution in [0.25, 0.3) is 0 Å². The summed E-state index contributed by atoms with van der Waals surface area (Å²) in [6.07, 6.45) is 5.14. The molecule has 51 heavy (non-hydrogen) atoms. The lowest BCUT2D eigenvalue weighted by Crippen LogP contribution is -2.62. The van der Waals surface area contributed by atoms with Crippen molar-refractivity contribution >= 4 is 35.4 Å². The van der Waals surface area contributed by atoms with Crippen LogP contribution in [0.5, 0.6) is 0 Å². The van der Waals surface area contributed by atoms with Gasteiger partial charge in [0.25, 0.3) is 5.91 Å². The Morgan fingerprint density at radius 3 is 2.27 bits per heavy atom. The van der Waals surface area contributed by atoms with Gasteiger partial charge in [0, 0.05) is 32.6 Å². The number of piperidine rings is 2. The van der Waals surface area contributed by atoms with Crippen LogP contribution in [0.3, 0.4) is 0 Å². The van der Waals surface area contributed by atoms with Crippen LogP contribution in [-0.4, -0.2) is 95.6 Å². The lowest BCUT2D eigenvalue weighted by molar-refractivity contribution is -0.144. The number of amides is 6. The van der Waals surface area contributed by atoms with Crippen molar-refractivity contribution < 1.29 is 28.8 Å². The van der Waals surface area contributed by atoms with Crippen molar-refractivity contribution in [3.8, 4) is 0 Å². The van der Waals surface area contributed by atoms with E-state index in [4.69, 9.17) is 0 Å². The first-order valence-corrected chi connectivity index (χ1v) is 18.5. The Balaban J connectivity index is 1.38. The molecule has 0 spiro atoms. The van der Waals surface area contributed by atoms with Crippen LogP contribution in [0.15, 0.2) is 36.9 Å². The van der Waals surface area contributed by atoms with Gasteiger partial charge < -0.3 is 31.1 Å². The van der Waals surface area contributed by atoms with Crippen LogP contribution in [0.4, 0.5) is 4.79 Å². The number of nitrogens with zero attached hydrogens (tertiary/aromatic N) is 2. The lowest BCUT2D eigenvalue weighted by Gasteiger charge is -2.38. The maximum Gasteiger partial charge on any atom is 0.315 e.